The van der Waals surface area contributed by atoms with Gasteiger partial charge in [0.05, 0.1) is 6.04 Å². The molecule has 0 bridgehead atoms. The number of nitrogens with one attached hydrogen (secondary N) is 1. The molecule has 1 aliphatic rings. The van der Waals surface area contributed by atoms with Crippen molar-refractivity contribution in [2.24, 2.45) is 5.92 Å². The van der Waals surface area contributed by atoms with E-state index in [-0.39, 0.29) is 0 Å². The van der Waals surface area contributed by atoms with Crippen molar-refractivity contribution in [1.82, 2.24) is 15.2 Å². The third-order valence-electron chi connectivity index (χ3n) is 4.03. The molecular weight excluding hydrogens is 242 g/mol. The predicted molar refractivity (Wildman–Crippen MR) is 78.0 cm³/mol. The Kier molecular flexibility index (Phi) is 5.15. The van der Waals surface area contributed by atoms with Crippen LogP contribution < -0.4 is 5.32 Å². The number of rotatable bonds is 5. The minimum Gasteiger partial charge on any atom is -0.305 e. The standard InChI is InChI=1S/C14H25N3S/c1-4-17-8-5-6-13(10-17)11(2)16-12(3)14-15-7-9-18-14/h7,9,11-13,16H,4-6,8,10H2,1-3H3. The van der Waals surface area contributed by atoms with Gasteiger partial charge in [0.25, 0.3) is 0 Å². The van der Waals surface area contributed by atoms with Gasteiger partial charge in [0.1, 0.15) is 5.01 Å². The monoisotopic (exact) mass is 267 g/mol. The van der Waals surface area contributed by atoms with Crippen molar-refractivity contribution in [3.8, 4) is 0 Å². The molecule has 1 aromatic heterocycles. The Bertz CT molecular complexity index is 339. The Morgan fingerprint density at radius 3 is 3.06 bits per heavy atom. The maximum Gasteiger partial charge on any atom is 0.109 e. The van der Waals surface area contributed by atoms with Gasteiger partial charge in [-0.2, -0.15) is 0 Å². The lowest BCUT2D eigenvalue weighted by Gasteiger charge is -2.36. The first-order valence-corrected chi connectivity index (χ1v) is 7.96. The largest absolute Gasteiger partial charge is 0.305 e. The van der Waals surface area contributed by atoms with Crippen molar-refractivity contribution in [3.05, 3.63) is 16.6 Å². The summed E-state index contributed by atoms with van der Waals surface area (Å²) in [5.41, 5.74) is 0. The van der Waals surface area contributed by atoms with Gasteiger partial charge in [-0.05, 0) is 45.7 Å². The van der Waals surface area contributed by atoms with E-state index in [2.05, 4.69) is 41.4 Å². The molecule has 3 atom stereocenters. The van der Waals surface area contributed by atoms with Crippen LogP contribution in [0, 0.1) is 5.92 Å². The fourth-order valence-electron chi connectivity index (χ4n) is 2.84. The molecule has 1 aliphatic heterocycles. The van der Waals surface area contributed by atoms with E-state index in [9.17, 15) is 0 Å². The SMILES string of the molecule is CCN1CCCC(C(C)NC(C)c2nccs2)C1. The summed E-state index contributed by atoms with van der Waals surface area (Å²) >= 11 is 1.74. The topological polar surface area (TPSA) is 28.2 Å². The van der Waals surface area contributed by atoms with Gasteiger partial charge in [0, 0.05) is 24.2 Å². The van der Waals surface area contributed by atoms with Crippen LogP contribution in [0.4, 0.5) is 0 Å². The van der Waals surface area contributed by atoms with Gasteiger partial charge in [0.2, 0.25) is 0 Å². The van der Waals surface area contributed by atoms with Crippen LogP contribution in [0.5, 0.6) is 0 Å². The molecule has 0 aromatic carbocycles. The zero-order chi connectivity index (χ0) is 13.0. The lowest BCUT2D eigenvalue weighted by molar-refractivity contribution is 0.153. The van der Waals surface area contributed by atoms with Crippen LogP contribution in [0.2, 0.25) is 0 Å². The zero-order valence-electron chi connectivity index (χ0n) is 11.7. The smallest absolute Gasteiger partial charge is 0.109 e. The molecule has 18 heavy (non-hydrogen) atoms. The maximum atomic E-state index is 4.39. The highest BCUT2D eigenvalue weighted by Gasteiger charge is 2.25. The molecule has 102 valence electrons. The number of aromatic nitrogens is 1. The van der Waals surface area contributed by atoms with Crippen LogP contribution in [0.25, 0.3) is 0 Å². The second-order valence-electron chi connectivity index (χ2n) is 5.34. The molecule has 0 radical (unpaired) electrons. The lowest BCUT2D eigenvalue weighted by Crippen LogP contribution is -2.44. The number of hydrogen-bond donors (Lipinski definition) is 1. The van der Waals surface area contributed by atoms with Crippen LogP contribution in [0.3, 0.4) is 0 Å². The molecule has 0 spiro atoms. The van der Waals surface area contributed by atoms with E-state index >= 15 is 0 Å². The van der Waals surface area contributed by atoms with E-state index in [0.717, 1.165) is 5.92 Å². The highest BCUT2D eigenvalue weighted by atomic mass is 32.1. The molecule has 3 unspecified atom stereocenters. The van der Waals surface area contributed by atoms with Crippen LogP contribution in [-0.4, -0.2) is 35.6 Å². The maximum absolute atomic E-state index is 4.39. The summed E-state index contributed by atoms with van der Waals surface area (Å²) in [4.78, 5) is 6.96. The van der Waals surface area contributed by atoms with Crippen molar-refractivity contribution < 1.29 is 0 Å². The second kappa shape index (κ2) is 6.64. The second-order valence-corrected chi connectivity index (χ2v) is 6.27. The third kappa shape index (κ3) is 3.53. The Hall–Kier alpha value is -0.450. The van der Waals surface area contributed by atoms with Gasteiger partial charge in [0.15, 0.2) is 0 Å². The molecule has 3 nitrogen and oxygen atoms in total. The Morgan fingerprint density at radius 1 is 1.56 bits per heavy atom. The molecular formula is C14H25N3S. The molecule has 0 amide bonds. The molecule has 2 rings (SSSR count). The van der Waals surface area contributed by atoms with E-state index in [1.807, 2.05) is 6.20 Å². The van der Waals surface area contributed by atoms with Gasteiger partial charge in [-0.25, -0.2) is 4.98 Å². The molecule has 1 saturated heterocycles. The van der Waals surface area contributed by atoms with Crippen LogP contribution in [-0.2, 0) is 0 Å². The predicted octanol–water partition coefficient (Wildman–Crippen LogP) is 2.91. The highest BCUT2D eigenvalue weighted by Crippen LogP contribution is 2.22. The highest BCUT2D eigenvalue weighted by molar-refractivity contribution is 7.09. The van der Waals surface area contributed by atoms with Crippen LogP contribution in [0.15, 0.2) is 11.6 Å². The van der Waals surface area contributed by atoms with E-state index in [0.29, 0.717) is 12.1 Å². The minimum atomic E-state index is 0.372. The van der Waals surface area contributed by atoms with Crippen LogP contribution in [0.1, 0.15) is 44.7 Å². The average Bonchev–Trinajstić information content (AvgIpc) is 2.92. The molecule has 1 fully saturated rings. The fraction of sp³-hybridized carbons (Fsp3) is 0.786. The number of thiazole rings is 1. The molecule has 4 heteroatoms. The lowest BCUT2D eigenvalue weighted by atomic mass is 9.91. The third-order valence-corrected chi connectivity index (χ3v) is 4.99. The summed E-state index contributed by atoms with van der Waals surface area (Å²) in [5.74, 6) is 0.779. The number of hydrogen-bond acceptors (Lipinski definition) is 4. The van der Waals surface area contributed by atoms with Crippen molar-refractivity contribution >= 4 is 11.3 Å². The molecule has 2 heterocycles. The van der Waals surface area contributed by atoms with Gasteiger partial charge in [-0.3, -0.25) is 0 Å². The Morgan fingerprint density at radius 2 is 2.39 bits per heavy atom. The Labute approximate surface area is 115 Å². The average molecular weight is 267 g/mol. The summed E-state index contributed by atoms with van der Waals surface area (Å²) in [6.45, 7) is 10.5. The van der Waals surface area contributed by atoms with E-state index in [4.69, 9.17) is 0 Å². The Balaban J connectivity index is 1.85. The molecule has 0 saturated carbocycles. The van der Waals surface area contributed by atoms with Crippen molar-refractivity contribution in [1.29, 1.82) is 0 Å². The van der Waals surface area contributed by atoms with Crippen molar-refractivity contribution in [2.75, 3.05) is 19.6 Å². The minimum absolute atomic E-state index is 0.372. The first-order valence-electron chi connectivity index (χ1n) is 7.08. The van der Waals surface area contributed by atoms with E-state index in [1.165, 1.54) is 37.5 Å². The molecule has 1 N–H and O–H groups in total. The van der Waals surface area contributed by atoms with Gasteiger partial charge >= 0.3 is 0 Å². The zero-order valence-corrected chi connectivity index (χ0v) is 12.5. The summed E-state index contributed by atoms with van der Waals surface area (Å²) in [7, 11) is 0. The molecule has 0 aliphatic carbocycles. The van der Waals surface area contributed by atoms with Crippen LogP contribution >= 0.6 is 11.3 Å². The summed E-state index contributed by atoms with van der Waals surface area (Å²) in [6.07, 6.45) is 4.59. The van der Waals surface area contributed by atoms with E-state index < -0.39 is 0 Å². The van der Waals surface area contributed by atoms with Crippen molar-refractivity contribution in [3.63, 3.8) is 0 Å². The van der Waals surface area contributed by atoms with Gasteiger partial charge < -0.3 is 10.2 Å². The van der Waals surface area contributed by atoms with E-state index in [1.54, 1.807) is 11.3 Å². The normalized spacial score (nSPS) is 24.9. The summed E-state index contributed by atoms with van der Waals surface area (Å²) in [5, 5.41) is 6.97. The number of nitrogens with zero attached hydrogens (tertiary/aromatic N) is 2. The summed E-state index contributed by atoms with van der Waals surface area (Å²) in [6, 6.07) is 0.940. The van der Waals surface area contributed by atoms with Gasteiger partial charge in [-0.1, -0.05) is 6.92 Å². The quantitative estimate of drug-likeness (QED) is 0.889. The van der Waals surface area contributed by atoms with Gasteiger partial charge in [-0.15, -0.1) is 11.3 Å². The number of likely N-dealkylation sites (tertiary alicyclic amines) is 1. The molecule has 1 aromatic rings. The summed E-state index contributed by atoms with van der Waals surface area (Å²) < 4.78 is 0. The van der Waals surface area contributed by atoms with Crippen molar-refractivity contribution in [2.45, 2.75) is 45.7 Å². The fourth-order valence-corrected chi connectivity index (χ4v) is 3.49. The number of piperidine rings is 1. The first kappa shape index (κ1) is 14.0. The first-order chi connectivity index (χ1) is 8.70.